The first-order valence-corrected chi connectivity index (χ1v) is 5.83. The van der Waals surface area contributed by atoms with E-state index in [-0.39, 0.29) is 0 Å². The highest BCUT2D eigenvalue weighted by Crippen LogP contribution is 2.29. The van der Waals surface area contributed by atoms with Gasteiger partial charge in [0.05, 0.1) is 29.3 Å². The smallest absolute Gasteiger partial charge is 0.228 e. The summed E-state index contributed by atoms with van der Waals surface area (Å²) in [4.78, 5) is 10.7. The number of nitrogens with zero attached hydrogens (tertiary/aromatic N) is 3. The average molecular weight is 286 g/mol. The summed E-state index contributed by atoms with van der Waals surface area (Å²) in [6.07, 6.45) is 1.79. The van der Waals surface area contributed by atoms with Crippen LogP contribution >= 0.6 is 15.9 Å². The zero-order valence-electron chi connectivity index (χ0n) is 9.99. The number of aromatic nitrogens is 1. The van der Waals surface area contributed by atoms with E-state index >= 15 is 0 Å². The molecule has 0 fully saturated rings. The monoisotopic (exact) mass is 285 g/mol. The second-order valence-corrected chi connectivity index (χ2v) is 4.26. The fourth-order valence-corrected chi connectivity index (χ4v) is 1.53. The van der Waals surface area contributed by atoms with Gasteiger partial charge in [-0.1, -0.05) is 0 Å². The number of pyridine rings is 1. The maximum Gasteiger partial charge on any atom is 0.228 e. The van der Waals surface area contributed by atoms with Crippen LogP contribution in [0.25, 0.3) is 0 Å². The molecule has 5 heteroatoms. The molecule has 0 amide bonds. The van der Waals surface area contributed by atoms with E-state index in [1.807, 2.05) is 24.9 Å². The third-order valence-corrected chi connectivity index (χ3v) is 2.76. The number of halogens is 1. The minimum absolute atomic E-state index is 0.584. The minimum Gasteiger partial charge on any atom is -0.480 e. The van der Waals surface area contributed by atoms with Crippen LogP contribution in [0.1, 0.15) is 12.6 Å². The van der Waals surface area contributed by atoms with E-state index in [4.69, 9.17) is 4.74 Å². The Kier molecular flexibility index (Phi) is 4.73. The van der Waals surface area contributed by atoms with Crippen molar-refractivity contribution in [3.63, 3.8) is 0 Å². The Hall–Kier alpha value is -1.10. The van der Waals surface area contributed by atoms with Crippen molar-refractivity contribution in [2.75, 3.05) is 20.7 Å². The summed E-state index contributed by atoms with van der Waals surface area (Å²) in [5, 5.41) is 0. The first-order chi connectivity index (χ1) is 7.58. The van der Waals surface area contributed by atoms with Gasteiger partial charge in [0.15, 0.2) is 0 Å². The normalized spacial score (nSPS) is 10.8. The lowest BCUT2D eigenvalue weighted by molar-refractivity contribution is 0.394. The highest BCUT2D eigenvalue weighted by molar-refractivity contribution is 9.10. The maximum absolute atomic E-state index is 5.11. The molecule has 0 aromatic carbocycles. The lowest BCUT2D eigenvalue weighted by Gasteiger charge is -2.09. The number of rotatable bonds is 4. The molecule has 0 radical (unpaired) electrons. The first kappa shape index (κ1) is 13.0. The van der Waals surface area contributed by atoms with Gasteiger partial charge in [0, 0.05) is 13.6 Å². The van der Waals surface area contributed by atoms with E-state index in [2.05, 4.69) is 32.8 Å². The number of aliphatic imine (C=N–C) groups is 1. The van der Waals surface area contributed by atoms with Crippen molar-refractivity contribution in [1.82, 2.24) is 9.88 Å². The molecule has 1 rings (SSSR count). The predicted molar refractivity (Wildman–Crippen MR) is 69.7 cm³/mol. The average Bonchev–Trinajstić information content (AvgIpc) is 2.29. The second kappa shape index (κ2) is 5.84. The molecule has 0 saturated carbocycles. The zero-order valence-corrected chi connectivity index (χ0v) is 11.6. The molecular weight excluding hydrogens is 270 g/mol. The molecule has 0 spiro atoms. The topological polar surface area (TPSA) is 37.7 Å². The van der Waals surface area contributed by atoms with Crippen molar-refractivity contribution in [1.29, 1.82) is 0 Å². The van der Waals surface area contributed by atoms with Crippen molar-refractivity contribution in [3.05, 3.63) is 16.2 Å². The van der Waals surface area contributed by atoms with Gasteiger partial charge in [0.2, 0.25) is 5.88 Å². The Morgan fingerprint density at radius 2 is 2.31 bits per heavy atom. The van der Waals surface area contributed by atoms with Crippen LogP contribution in [0.2, 0.25) is 0 Å². The van der Waals surface area contributed by atoms with Crippen LogP contribution in [-0.2, 0) is 0 Å². The number of hydrogen-bond acceptors (Lipinski definition) is 3. The second-order valence-electron chi connectivity index (χ2n) is 3.40. The van der Waals surface area contributed by atoms with Crippen molar-refractivity contribution in [2.45, 2.75) is 13.8 Å². The molecule has 1 aromatic heterocycles. The Balaban J connectivity index is 2.98. The molecule has 1 aromatic rings. The van der Waals surface area contributed by atoms with Crippen LogP contribution in [-0.4, -0.2) is 36.9 Å². The van der Waals surface area contributed by atoms with E-state index in [0.717, 1.165) is 22.4 Å². The molecule has 0 atom stereocenters. The molecule has 16 heavy (non-hydrogen) atoms. The molecular formula is C11H16BrN3O. The summed E-state index contributed by atoms with van der Waals surface area (Å²) in [5.74, 6) is 0.584. The van der Waals surface area contributed by atoms with Gasteiger partial charge in [-0.05, 0) is 35.8 Å². The third kappa shape index (κ3) is 3.20. The Bertz CT molecular complexity index is 393. The van der Waals surface area contributed by atoms with Crippen molar-refractivity contribution in [3.8, 4) is 5.88 Å². The van der Waals surface area contributed by atoms with Crippen LogP contribution in [0.5, 0.6) is 5.88 Å². The standard InChI is InChI=1S/C11H16BrN3O/c1-5-15(3)7-13-10-6-9(12)11(16-4)14-8(10)2/h6-7H,5H2,1-4H3. The quantitative estimate of drug-likeness (QED) is 0.631. The molecule has 1 heterocycles. The molecule has 0 saturated heterocycles. The minimum atomic E-state index is 0.584. The fraction of sp³-hybridized carbons (Fsp3) is 0.455. The molecule has 0 aliphatic carbocycles. The van der Waals surface area contributed by atoms with Gasteiger partial charge in [-0.2, -0.15) is 0 Å². The summed E-state index contributed by atoms with van der Waals surface area (Å²) in [6, 6.07) is 1.90. The van der Waals surface area contributed by atoms with Gasteiger partial charge in [-0.3, -0.25) is 0 Å². The predicted octanol–water partition coefficient (Wildman–Crippen LogP) is 2.77. The lowest BCUT2D eigenvalue weighted by atomic mass is 10.3. The van der Waals surface area contributed by atoms with Crippen molar-refractivity contribution < 1.29 is 4.74 Å². The van der Waals surface area contributed by atoms with Crippen LogP contribution in [0.4, 0.5) is 5.69 Å². The van der Waals surface area contributed by atoms with Gasteiger partial charge in [-0.25, -0.2) is 9.98 Å². The first-order valence-electron chi connectivity index (χ1n) is 5.04. The summed E-state index contributed by atoms with van der Waals surface area (Å²) in [6.45, 7) is 4.90. The highest BCUT2D eigenvalue weighted by Gasteiger charge is 2.06. The molecule has 0 unspecified atom stereocenters. The van der Waals surface area contributed by atoms with Gasteiger partial charge in [0.1, 0.15) is 0 Å². The number of aryl methyl sites for hydroxylation is 1. The number of ether oxygens (including phenoxy) is 1. The van der Waals surface area contributed by atoms with E-state index in [0.29, 0.717) is 5.88 Å². The number of methoxy groups -OCH3 is 1. The van der Waals surface area contributed by atoms with Crippen LogP contribution in [0.3, 0.4) is 0 Å². The fourth-order valence-electron chi connectivity index (χ4n) is 1.07. The van der Waals surface area contributed by atoms with E-state index in [1.165, 1.54) is 0 Å². The number of hydrogen-bond donors (Lipinski definition) is 0. The highest BCUT2D eigenvalue weighted by atomic mass is 79.9. The van der Waals surface area contributed by atoms with Crippen LogP contribution in [0, 0.1) is 6.92 Å². The summed E-state index contributed by atoms with van der Waals surface area (Å²) in [5.41, 5.74) is 1.69. The van der Waals surface area contributed by atoms with E-state index < -0.39 is 0 Å². The van der Waals surface area contributed by atoms with Gasteiger partial charge >= 0.3 is 0 Å². The Labute approximate surface area is 104 Å². The largest absolute Gasteiger partial charge is 0.480 e. The van der Waals surface area contributed by atoms with Crippen LogP contribution in [0.15, 0.2) is 15.5 Å². The molecule has 0 aliphatic heterocycles. The zero-order chi connectivity index (χ0) is 12.1. The summed E-state index contributed by atoms with van der Waals surface area (Å²) >= 11 is 3.39. The molecule has 0 bridgehead atoms. The molecule has 4 nitrogen and oxygen atoms in total. The third-order valence-electron chi connectivity index (χ3n) is 2.19. The SMILES string of the molecule is CCN(C)C=Nc1cc(Br)c(OC)nc1C. The van der Waals surface area contributed by atoms with Gasteiger partial charge in [-0.15, -0.1) is 0 Å². The Morgan fingerprint density at radius 1 is 1.62 bits per heavy atom. The van der Waals surface area contributed by atoms with Crippen molar-refractivity contribution >= 4 is 28.0 Å². The van der Waals surface area contributed by atoms with Gasteiger partial charge in [0.25, 0.3) is 0 Å². The van der Waals surface area contributed by atoms with E-state index in [1.54, 1.807) is 13.4 Å². The summed E-state index contributed by atoms with van der Waals surface area (Å²) < 4.78 is 5.92. The Morgan fingerprint density at radius 3 is 2.88 bits per heavy atom. The molecule has 88 valence electrons. The molecule has 0 N–H and O–H groups in total. The van der Waals surface area contributed by atoms with E-state index in [9.17, 15) is 0 Å². The van der Waals surface area contributed by atoms with Crippen LogP contribution < -0.4 is 4.74 Å². The van der Waals surface area contributed by atoms with Crippen molar-refractivity contribution in [2.24, 2.45) is 4.99 Å². The molecule has 0 aliphatic rings. The van der Waals surface area contributed by atoms with Gasteiger partial charge < -0.3 is 9.64 Å². The lowest BCUT2D eigenvalue weighted by Crippen LogP contribution is -2.14. The summed E-state index contributed by atoms with van der Waals surface area (Å²) in [7, 11) is 3.57. The maximum atomic E-state index is 5.11.